The van der Waals surface area contributed by atoms with Gasteiger partial charge in [-0.2, -0.15) is 5.10 Å². The van der Waals surface area contributed by atoms with E-state index in [0.29, 0.717) is 27.3 Å². The predicted molar refractivity (Wildman–Crippen MR) is 132 cm³/mol. The molecule has 1 N–H and O–H groups in total. The number of benzene rings is 3. The molecule has 0 unspecified atom stereocenters. The van der Waals surface area contributed by atoms with Crippen molar-refractivity contribution in [3.8, 4) is 5.69 Å². The molecule has 3 aromatic carbocycles. The summed E-state index contributed by atoms with van der Waals surface area (Å²) in [6, 6.07) is 20.3. The van der Waals surface area contributed by atoms with Crippen molar-refractivity contribution in [2.45, 2.75) is 12.1 Å². The van der Waals surface area contributed by atoms with Gasteiger partial charge < -0.3 is 0 Å². The number of aryl methyl sites for hydroxylation is 1. The van der Waals surface area contributed by atoms with Crippen LogP contribution in [-0.4, -0.2) is 32.3 Å². The zero-order valence-electron chi connectivity index (χ0n) is 18.0. The third-order valence-corrected chi connectivity index (χ3v) is 5.88. The first-order valence-electron chi connectivity index (χ1n) is 10.2. The second kappa shape index (κ2) is 10.1. The van der Waals surface area contributed by atoms with Gasteiger partial charge in [0.05, 0.1) is 33.5 Å². The monoisotopic (exact) mass is 473 g/mol. The van der Waals surface area contributed by atoms with Gasteiger partial charge in [-0.3, -0.25) is 24.3 Å². The fraction of sp³-hybridized carbons (Fsp3) is 0.0833. The fourth-order valence-corrected chi connectivity index (χ4v) is 4.06. The maximum absolute atomic E-state index is 13.3. The number of carbonyl (C=O) groups excluding carboxylic acids is 1. The van der Waals surface area contributed by atoms with E-state index in [1.54, 1.807) is 24.3 Å². The number of carbonyl (C=O) groups is 1. The molecule has 0 atom stereocenters. The first-order chi connectivity index (χ1) is 16.4. The van der Waals surface area contributed by atoms with Crippen LogP contribution >= 0.6 is 11.8 Å². The molecule has 1 amide bonds. The molecule has 0 radical (unpaired) electrons. The number of fused-ring (bicyclic) bond motifs is 1. The van der Waals surface area contributed by atoms with Gasteiger partial charge in [-0.25, -0.2) is 10.4 Å². The van der Waals surface area contributed by atoms with Gasteiger partial charge in [-0.1, -0.05) is 42.1 Å². The molecule has 9 nitrogen and oxygen atoms in total. The Balaban J connectivity index is 1.53. The number of rotatable bonds is 7. The van der Waals surface area contributed by atoms with E-state index in [0.717, 1.165) is 17.3 Å². The zero-order valence-corrected chi connectivity index (χ0v) is 18.9. The van der Waals surface area contributed by atoms with Crippen molar-refractivity contribution >= 4 is 40.5 Å². The van der Waals surface area contributed by atoms with Gasteiger partial charge >= 0.3 is 0 Å². The minimum atomic E-state index is -0.489. The Bertz CT molecular complexity index is 1460. The normalized spacial score (nSPS) is 11.1. The van der Waals surface area contributed by atoms with Crippen LogP contribution in [-0.2, 0) is 4.79 Å². The van der Waals surface area contributed by atoms with E-state index in [1.165, 1.54) is 35.0 Å². The van der Waals surface area contributed by atoms with E-state index in [9.17, 15) is 19.7 Å². The molecule has 1 aromatic heterocycles. The topological polar surface area (TPSA) is 119 Å². The fourth-order valence-electron chi connectivity index (χ4n) is 3.26. The SMILES string of the molecule is Cc1ccccc1-n1c(SCC(=O)N/N=C\c2ccc([N+](=O)[O-])cc2)nc2ccccc2c1=O. The lowest BCUT2D eigenvalue weighted by atomic mass is 10.2. The van der Waals surface area contributed by atoms with Crippen molar-refractivity contribution < 1.29 is 9.72 Å². The number of nitrogens with one attached hydrogen (secondary N) is 1. The average Bonchev–Trinajstić information content (AvgIpc) is 2.84. The van der Waals surface area contributed by atoms with Crippen molar-refractivity contribution in [3.05, 3.63) is 104 Å². The molecule has 10 heteroatoms. The van der Waals surface area contributed by atoms with Crippen LogP contribution in [0, 0.1) is 17.0 Å². The quantitative estimate of drug-likeness (QED) is 0.143. The third kappa shape index (κ3) is 5.02. The first kappa shape index (κ1) is 22.9. The van der Waals surface area contributed by atoms with Gasteiger partial charge in [0.2, 0.25) is 0 Å². The first-order valence-corrected chi connectivity index (χ1v) is 11.2. The highest BCUT2D eigenvalue weighted by Gasteiger charge is 2.15. The standard InChI is InChI=1S/C24H19N5O4S/c1-16-6-2-5-9-21(16)28-23(31)19-7-3-4-8-20(19)26-24(28)34-15-22(30)27-25-14-17-10-12-18(13-11-17)29(32)33/h2-14H,15H2,1H3,(H,27,30)/b25-14-. The molecule has 34 heavy (non-hydrogen) atoms. The molecule has 4 rings (SSSR count). The lowest BCUT2D eigenvalue weighted by molar-refractivity contribution is -0.384. The minimum Gasteiger partial charge on any atom is -0.272 e. The molecular weight excluding hydrogens is 454 g/mol. The summed E-state index contributed by atoms with van der Waals surface area (Å²) in [7, 11) is 0. The number of aromatic nitrogens is 2. The summed E-state index contributed by atoms with van der Waals surface area (Å²) in [5, 5.41) is 15.5. The molecule has 0 fully saturated rings. The highest BCUT2D eigenvalue weighted by Crippen LogP contribution is 2.23. The van der Waals surface area contributed by atoms with Crippen LogP contribution < -0.4 is 11.0 Å². The molecule has 170 valence electrons. The summed E-state index contributed by atoms with van der Waals surface area (Å²) in [6.45, 7) is 1.91. The lowest BCUT2D eigenvalue weighted by Crippen LogP contribution is -2.24. The number of hydrazone groups is 1. The maximum Gasteiger partial charge on any atom is 0.269 e. The van der Waals surface area contributed by atoms with Crippen molar-refractivity contribution in [1.82, 2.24) is 15.0 Å². The van der Waals surface area contributed by atoms with Gasteiger partial charge in [-0.05, 0) is 48.4 Å². The minimum absolute atomic E-state index is 0.0196. The highest BCUT2D eigenvalue weighted by atomic mass is 32.2. The number of hydrogen-bond acceptors (Lipinski definition) is 7. The largest absolute Gasteiger partial charge is 0.272 e. The van der Waals surface area contributed by atoms with E-state index >= 15 is 0 Å². The number of thioether (sulfide) groups is 1. The number of non-ortho nitro benzene ring substituents is 1. The van der Waals surface area contributed by atoms with Gasteiger partial charge in [0.1, 0.15) is 0 Å². The molecule has 4 aromatic rings. The van der Waals surface area contributed by atoms with Crippen LogP contribution in [0.4, 0.5) is 5.69 Å². The van der Waals surface area contributed by atoms with Gasteiger partial charge in [-0.15, -0.1) is 0 Å². The van der Waals surface area contributed by atoms with Crippen LogP contribution in [0.3, 0.4) is 0 Å². The Labute approximate surface area is 198 Å². The van der Waals surface area contributed by atoms with Crippen LogP contribution in [0.2, 0.25) is 0 Å². The number of amides is 1. The number of nitro benzene ring substituents is 1. The second-order valence-corrected chi connectivity index (χ2v) is 8.21. The molecule has 0 aliphatic rings. The van der Waals surface area contributed by atoms with E-state index in [4.69, 9.17) is 0 Å². The Morgan fingerprint density at radius 2 is 1.82 bits per heavy atom. The number of nitro groups is 1. The molecule has 0 saturated carbocycles. The van der Waals surface area contributed by atoms with Crippen molar-refractivity contribution in [2.75, 3.05) is 5.75 Å². The van der Waals surface area contributed by atoms with E-state index in [-0.39, 0.29) is 22.9 Å². The molecule has 0 saturated heterocycles. The smallest absolute Gasteiger partial charge is 0.269 e. The summed E-state index contributed by atoms with van der Waals surface area (Å²) in [6.07, 6.45) is 1.39. The van der Waals surface area contributed by atoms with E-state index in [2.05, 4.69) is 15.5 Å². The van der Waals surface area contributed by atoms with Gasteiger partial charge in [0.25, 0.3) is 17.2 Å². The van der Waals surface area contributed by atoms with Crippen molar-refractivity contribution in [3.63, 3.8) is 0 Å². The summed E-state index contributed by atoms with van der Waals surface area (Å²) < 4.78 is 1.52. The third-order valence-electron chi connectivity index (χ3n) is 4.94. The maximum atomic E-state index is 13.3. The van der Waals surface area contributed by atoms with Gasteiger partial charge in [0.15, 0.2) is 5.16 Å². The highest BCUT2D eigenvalue weighted by molar-refractivity contribution is 7.99. The number of para-hydroxylation sites is 2. The number of hydrogen-bond donors (Lipinski definition) is 1. The summed E-state index contributed by atoms with van der Waals surface area (Å²) >= 11 is 1.13. The summed E-state index contributed by atoms with van der Waals surface area (Å²) in [5.74, 6) is -0.407. The molecule has 1 heterocycles. The van der Waals surface area contributed by atoms with Crippen LogP contribution in [0.25, 0.3) is 16.6 Å². The summed E-state index contributed by atoms with van der Waals surface area (Å²) in [4.78, 5) is 40.5. The number of nitrogens with zero attached hydrogens (tertiary/aromatic N) is 4. The van der Waals surface area contributed by atoms with E-state index in [1.807, 2.05) is 31.2 Å². The van der Waals surface area contributed by atoms with Gasteiger partial charge in [0, 0.05) is 12.1 Å². The average molecular weight is 474 g/mol. The molecule has 0 aliphatic carbocycles. The van der Waals surface area contributed by atoms with Crippen LogP contribution in [0.1, 0.15) is 11.1 Å². The Morgan fingerprint density at radius 3 is 2.56 bits per heavy atom. The van der Waals surface area contributed by atoms with Crippen LogP contribution in [0.5, 0.6) is 0 Å². The summed E-state index contributed by atoms with van der Waals surface area (Å²) in [5.41, 5.74) is 4.94. The Morgan fingerprint density at radius 1 is 1.12 bits per heavy atom. The Hall–Kier alpha value is -4.31. The molecule has 0 aliphatic heterocycles. The second-order valence-electron chi connectivity index (χ2n) is 7.27. The van der Waals surface area contributed by atoms with Crippen molar-refractivity contribution in [1.29, 1.82) is 0 Å². The van der Waals surface area contributed by atoms with E-state index < -0.39 is 4.92 Å². The molecule has 0 bridgehead atoms. The lowest BCUT2D eigenvalue weighted by Gasteiger charge is -2.14. The zero-order chi connectivity index (χ0) is 24.1. The predicted octanol–water partition coefficient (Wildman–Crippen LogP) is 3.84. The Kier molecular flexibility index (Phi) is 6.79. The van der Waals surface area contributed by atoms with Crippen LogP contribution in [0.15, 0.2) is 87.8 Å². The molecular formula is C24H19N5O4S. The molecule has 0 spiro atoms. The van der Waals surface area contributed by atoms with Crippen molar-refractivity contribution in [2.24, 2.45) is 5.10 Å².